The van der Waals surface area contributed by atoms with Crippen LogP contribution >= 0.6 is 15.9 Å². The lowest BCUT2D eigenvalue weighted by Crippen LogP contribution is -2.41. The van der Waals surface area contributed by atoms with E-state index < -0.39 is 0 Å². The molecule has 0 unspecified atom stereocenters. The summed E-state index contributed by atoms with van der Waals surface area (Å²) in [4.78, 5) is 16.1. The van der Waals surface area contributed by atoms with Crippen molar-refractivity contribution >= 4 is 27.8 Å². The van der Waals surface area contributed by atoms with E-state index in [-0.39, 0.29) is 5.91 Å². The molecule has 1 amide bonds. The van der Waals surface area contributed by atoms with E-state index in [9.17, 15) is 4.79 Å². The Bertz CT molecular complexity index is 474. The van der Waals surface area contributed by atoms with E-state index in [2.05, 4.69) is 43.8 Å². The minimum Gasteiger partial charge on any atom is -0.356 e. The number of hydrogen-bond acceptors (Lipinski definition) is 2. The topological polar surface area (TPSA) is 65.5 Å². The lowest BCUT2D eigenvalue weighted by atomic mass is 10.2. The molecule has 0 radical (unpaired) electrons. The van der Waals surface area contributed by atoms with Gasteiger partial charge in [0.2, 0.25) is 0 Å². The van der Waals surface area contributed by atoms with Crippen molar-refractivity contribution in [1.82, 2.24) is 16.0 Å². The van der Waals surface area contributed by atoms with Crippen LogP contribution in [-0.4, -0.2) is 38.5 Å². The second kappa shape index (κ2) is 11.1. The summed E-state index contributed by atoms with van der Waals surface area (Å²) in [7, 11) is 1.75. The molecule has 3 N–H and O–H groups in total. The van der Waals surface area contributed by atoms with Crippen LogP contribution in [0.4, 0.5) is 0 Å². The summed E-state index contributed by atoms with van der Waals surface area (Å²) < 4.78 is 0.962. The van der Waals surface area contributed by atoms with E-state index in [1.54, 1.807) is 19.2 Å². The number of aliphatic imine (C=N–C) groups is 1. The Balaban J connectivity index is 2.20. The molecule has 0 saturated heterocycles. The van der Waals surface area contributed by atoms with Crippen LogP contribution in [0.1, 0.15) is 36.5 Å². The highest BCUT2D eigenvalue weighted by Gasteiger charge is 2.04. The molecule has 0 atom stereocenters. The Hall–Kier alpha value is -1.56. The molecule has 0 aliphatic carbocycles. The summed E-state index contributed by atoms with van der Waals surface area (Å²) in [5.74, 6) is 0.703. The molecule has 0 saturated carbocycles. The van der Waals surface area contributed by atoms with Crippen LogP contribution in [0.25, 0.3) is 0 Å². The van der Waals surface area contributed by atoms with Crippen molar-refractivity contribution < 1.29 is 4.79 Å². The number of halogens is 1. The third kappa shape index (κ3) is 7.45. The van der Waals surface area contributed by atoms with Crippen LogP contribution in [0, 0.1) is 0 Å². The van der Waals surface area contributed by atoms with Crippen molar-refractivity contribution in [2.75, 3.05) is 26.7 Å². The van der Waals surface area contributed by atoms with Gasteiger partial charge in [0, 0.05) is 36.7 Å². The van der Waals surface area contributed by atoms with Crippen LogP contribution in [0.5, 0.6) is 0 Å². The van der Waals surface area contributed by atoms with Crippen molar-refractivity contribution in [3.63, 3.8) is 0 Å². The minimum absolute atomic E-state index is 0.0693. The standard InChI is InChI=1S/C16H25BrN4O/c1-3-4-5-10-20-16(18-2)21-12-11-19-15(22)13-6-8-14(17)9-7-13/h6-9H,3-5,10-12H2,1-2H3,(H,19,22)(H2,18,20,21). The summed E-state index contributed by atoms with van der Waals surface area (Å²) in [6, 6.07) is 7.30. The minimum atomic E-state index is -0.0693. The molecule has 0 aromatic heterocycles. The molecule has 122 valence electrons. The van der Waals surface area contributed by atoms with E-state index in [4.69, 9.17) is 0 Å². The molecule has 0 heterocycles. The van der Waals surface area contributed by atoms with Gasteiger partial charge in [0.25, 0.3) is 5.91 Å². The Morgan fingerprint density at radius 3 is 2.32 bits per heavy atom. The molecule has 1 aromatic rings. The van der Waals surface area contributed by atoms with Gasteiger partial charge in [-0.15, -0.1) is 0 Å². The summed E-state index contributed by atoms with van der Waals surface area (Å²) in [5.41, 5.74) is 0.658. The second-order valence-electron chi connectivity index (χ2n) is 4.90. The number of unbranched alkanes of at least 4 members (excludes halogenated alkanes) is 2. The lowest BCUT2D eigenvalue weighted by Gasteiger charge is -2.12. The fourth-order valence-electron chi connectivity index (χ4n) is 1.86. The van der Waals surface area contributed by atoms with Gasteiger partial charge in [-0.3, -0.25) is 9.79 Å². The fraction of sp³-hybridized carbons (Fsp3) is 0.500. The van der Waals surface area contributed by atoms with Crippen molar-refractivity contribution in [2.45, 2.75) is 26.2 Å². The summed E-state index contributed by atoms with van der Waals surface area (Å²) in [6.07, 6.45) is 3.56. The van der Waals surface area contributed by atoms with Crippen molar-refractivity contribution in [3.8, 4) is 0 Å². The van der Waals surface area contributed by atoms with Gasteiger partial charge in [0.05, 0.1) is 0 Å². The van der Waals surface area contributed by atoms with E-state index in [1.165, 1.54) is 12.8 Å². The van der Waals surface area contributed by atoms with Crippen LogP contribution in [0.2, 0.25) is 0 Å². The number of nitrogens with zero attached hydrogens (tertiary/aromatic N) is 1. The number of carbonyl (C=O) groups excluding carboxylic acids is 1. The molecule has 1 aromatic carbocycles. The molecule has 1 rings (SSSR count). The third-order valence-electron chi connectivity index (χ3n) is 3.11. The maximum absolute atomic E-state index is 11.9. The highest BCUT2D eigenvalue weighted by molar-refractivity contribution is 9.10. The van der Waals surface area contributed by atoms with Gasteiger partial charge < -0.3 is 16.0 Å². The molecule has 0 aliphatic rings. The van der Waals surface area contributed by atoms with Crippen LogP contribution < -0.4 is 16.0 Å². The quantitative estimate of drug-likeness (QED) is 0.375. The fourth-order valence-corrected chi connectivity index (χ4v) is 2.13. The monoisotopic (exact) mass is 368 g/mol. The molecule has 0 aliphatic heterocycles. The zero-order valence-corrected chi connectivity index (χ0v) is 14.9. The SMILES string of the molecule is CCCCCNC(=NC)NCCNC(=O)c1ccc(Br)cc1. The second-order valence-corrected chi connectivity index (χ2v) is 5.81. The Morgan fingerprint density at radius 1 is 1.05 bits per heavy atom. The number of carbonyl (C=O) groups is 1. The first-order chi connectivity index (χ1) is 10.7. The summed E-state index contributed by atoms with van der Waals surface area (Å²) in [6.45, 7) is 4.28. The van der Waals surface area contributed by atoms with Gasteiger partial charge in [0.1, 0.15) is 0 Å². The van der Waals surface area contributed by atoms with E-state index in [1.807, 2.05) is 12.1 Å². The predicted octanol–water partition coefficient (Wildman–Crippen LogP) is 2.53. The summed E-state index contributed by atoms with van der Waals surface area (Å²) >= 11 is 3.35. The van der Waals surface area contributed by atoms with Crippen molar-refractivity contribution in [3.05, 3.63) is 34.3 Å². The smallest absolute Gasteiger partial charge is 0.251 e. The van der Waals surface area contributed by atoms with Crippen LogP contribution in [-0.2, 0) is 0 Å². The Labute approximate surface area is 141 Å². The molecule has 5 nitrogen and oxygen atoms in total. The first kappa shape index (κ1) is 18.5. The zero-order valence-electron chi connectivity index (χ0n) is 13.3. The van der Waals surface area contributed by atoms with Gasteiger partial charge in [-0.2, -0.15) is 0 Å². The van der Waals surface area contributed by atoms with E-state index in [0.29, 0.717) is 18.7 Å². The molecule has 0 fully saturated rings. The van der Waals surface area contributed by atoms with Crippen molar-refractivity contribution in [1.29, 1.82) is 0 Å². The van der Waals surface area contributed by atoms with Crippen LogP contribution in [0.15, 0.2) is 33.7 Å². The molecule has 0 spiro atoms. The molecule has 6 heteroatoms. The van der Waals surface area contributed by atoms with Gasteiger partial charge in [-0.05, 0) is 30.7 Å². The number of hydrogen-bond donors (Lipinski definition) is 3. The van der Waals surface area contributed by atoms with Gasteiger partial charge in [-0.1, -0.05) is 35.7 Å². The molecular formula is C16H25BrN4O. The zero-order chi connectivity index (χ0) is 16.2. The largest absolute Gasteiger partial charge is 0.356 e. The summed E-state index contributed by atoms with van der Waals surface area (Å²) in [5, 5.41) is 9.30. The average molecular weight is 369 g/mol. The maximum atomic E-state index is 11.9. The average Bonchev–Trinajstić information content (AvgIpc) is 2.53. The predicted molar refractivity (Wildman–Crippen MR) is 95.4 cm³/mol. The van der Waals surface area contributed by atoms with Crippen molar-refractivity contribution in [2.24, 2.45) is 4.99 Å². The van der Waals surface area contributed by atoms with E-state index >= 15 is 0 Å². The highest BCUT2D eigenvalue weighted by Crippen LogP contribution is 2.10. The van der Waals surface area contributed by atoms with Crippen LogP contribution in [0.3, 0.4) is 0 Å². The Morgan fingerprint density at radius 2 is 1.68 bits per heavy atom. The Kier molecular flexibility index (Phi) is 9.30. The van der Waals surface area contributed by atoms with Gasteiger partial charge in [0.15, 0.2) is 5.96 Å². The third-order valence-corrected chi connectivity index (χ3v) is 3.63. The normalized spacial score (nSPS) is 11.1. The number of nitrogens with one attached hydrogen (secondary N) is 3. The number of guanidine groups is 1. The maximum Gasteiger partial charge on any atom is 0.251 e. The molecule has 0 bridgehead atoms. The van der Waals surface area contributed by atoms with E-state index in [0.717, 1.165) is 23.4 Å². The molecular weight excluding hydrogens is 344 g/mol. The number of amides is 1. The van der Waals surface area contributed by atoms with Gasteiger partial charge >= 0.3 is 0 Å². The molecule has 22 heavy (non-hydrogen) atoms. The lowest BCUT2D eigenvalue weighted by molar-refractivity contribution is 0.0954. The first-order valence-electron chi connectivity index (χ1n) is 7.65. The van der Waals surface area contributed by atoms with Gasteiger partial charge in [-0.25, -0.2) is 0 Å². The number of rotatable bonds is 8. The number of benzene rings is 1. The first-order valence-corrected chi connectivity index (χ1v) is 8.45. The highest BCUT2D eigenvalue weighted by atomic mass is 79.9.